The lowest BCUT2D eigenvalue weighted by Gasteiger charge is -2.07. The minimum atomic E-state index is -0.672. The van der Waals surface area contributed by atoms with Crippen molar-refractivity contribution in [1.29, 1.82) is 0 Å². The van der Waals surface area contributed by atoms with Crippen LogP contribution in [0.3, 0.4) is 0 Å². The molecule has 0 fully saturated rings. The van der Waals surface area contributed by atoms with Crippen molar-refractivity contribution in [2.24, 2.45) is 5.73 Å². The van der Waals surface area contributed by atoms with Crippen LogP contribution in [0.25, 0.3) is 20.7 Å². The summed E-state index contributed by atoms with van der Waals surface area (Å²) in [4.78, 5) is 55.6. The van der Waals surface area contributed by atoms with Crippen LogP contribution in [0.5, 0.6) is 0 Å². The van der Waals surface area contributed by atoms with Crippen LogP contribution in [0.4, 0.5) is 5.00 Å². The first-order valence-electron chi connectivity index (χ1n) is 10.2. The number of fused-ring (bicyclic) bond motifs is 1. The fourth-order valence-electron chi connectivity index (χ4n) is 3.40. The minimum absolute atomic E-state index is 0.186. The zero-order chi connectivity index (χ0) is 24.4. The summed E-state index contributed by atoms with van der Waals surface area (Å²) >= 11 is 2.29. The van der Waals surface area contributed by atoms with Gasteiger partial charge in [-0.25, -0.2) is 9.78 Å². The Bertz CT molecular complexity index is 1470. The molecule has 3 heterocycles. The lowest BCUT2D eigenvalue weighted by Crippen LogP contribution is -2.28. The first kappa shape index (κ1) is 23.3. The molecule has 2 amide bonds. The number of aromatic nitrogens is 2. The van der Waals surface area contributed by atoms with E-state index >= 15 is 0 Å². The van der Waals surface area contributed by atoms with Crippen molar-refractivity contribution in [3.63, 3.8) is 0 Å². The molecule has 0 spiro atoms. The van der Waals surface area contributed by atoms with E-state index in [0.717, 1.165) is 26.3 Å². The second kappa shape index (κ2) is 9.57. The minimum Gasteiger partial charge on any atom is -0.462 e. The largest absolute Gasteiger partial charge is 0.462 e. The van der Waals surface area contributed by atoms with Crippen LogP contribution in [0.2, 0.25) is 0 Å². The van der Waals surface area contributed by atoms with E-state index in [-0.39, 0.29) is 24.1 Å². The summed E-state index contributed by atoms with van der Waals surface area (Å²) in [5.74, 6) is -1.71. The number of thiophene rings is 2. The molecule has 174 valence electrons. The van der Waals surface area contributed by atoms with Gasteiger partial charge in [0, 0.05) is 4.88 Å². The van der Waals surface area contributed by atoms with Gasteiger partial charge in [-0.15, -0.1) is 22.7 Å². The van der Waals surface area contributed by atoms with Crippen LogP contribution in [0.15, 0.2) is 47.5 Å². The molecule has 3 N–H and O–H groups in total. The molecular weight excluding hydrogens is 476 g/mol. The molecule has 0 saturated heterocycles. The average molecular weight is 497 g/mol. The molecule has 9 nitrogen and oxygen atoms in total. The second-order valence-electron chi connectivity index (χ2n) is 7.27. The molecular formula is C23H20N4O5S2. The van der Waals surface area contributed by atoms with Crippen molar-refractivity contribution < 1.29 is 19.1 Å². The highest BCUT2D eigenvalue weighted by Crippen LogP contribution is 2.35. The molecule has 0 aliphatic heterocycles. The summed E-state index contributed by atoms with van der Waals surface area (Å²) in [6.07, 6.45) is 1.26. The molecule has 4 rings (SSSR count). The number of carbonyl (C=O) groups is 3. The van der Waals surface area contributed by atoms with Crippen LogP contribution in [0, 0.1) is 6.92 Å². The van der Waals surface area contributed by atoms with E-state index in [0.29, 0.717) is 20.3 Å². The number of hydrogen-bond donors (Lipinski definition) is 2. The van der Waals surface area contributed by atoms with Crippen LogP contribution in [0.1, 0.15) is 32.5 Å². The van der Waals surface area contributed by atoms with E-state index in [4.69, 9.17) is 10.5 Å². The van der Waals surface area contributed by atoms with Gasteiger partial charge in [0.2, 0.25) is 5.91 Å². The normalized spacial score (nSPS) is 10.9. The number of amides is 2. The molecule has 0 unspecified atom stereocenters. The Hall–Kier alpha value is -3.83. The molecule has 0 radical (unpaired) electrons. The average Bonchev–Trinajstić information content (AvgIpc) is 3.38. The summed E-state index contributed by atoms with van der Waals surface area (Å²) in [5, 5.41) is 3.25. The Labute approximate surface area is 201 Å². The van der Waals surface area contributed by atoms with Gasteiger partial charge in [-0.1, -0.05) is 30.3 Å². The number of nitrogens with two attached hydrogens (primary N) is 1. The topological polar surface area (TPSA) is 133 Å². The van der Waals surface area contributed by atoms with E-state index in [2.05, 4.69) is 10.3 Å². The molecule has 1 aromatic carbocycles. The highest BCUT2D eigenvalue weighted by atomic mass is 32.1. The van der Waals surface area contributed by atoms with Crippen molar-refractivity contribution in [3.05, 3.63) is 69.1 Å². The van der Waals surface area contributed by atoms with Gasteiger partial charge in [0.05, 0.1) is 23.9 Å². The van der Waals surface area contributed by atoms with Gasteiger partial charge >= 0.3 is 5.97 Å². The lowest BCUT2D eigenvalue weighted by molar-refractivity contribution is -0.116. The molecule has 0 bridgehead atoms. The van der Waals surface area contributed by atoms with Crippen molar-refractivity contribution in [1.82, 2.24) is 9.55 Å². The fraction of sp³-hybridized carbons (Fsp3) is 0.174. The predicted molar refractivity (Wildman–Crippen MR) is 131 cm³/mol. The molecule has 0 atom stereocenters. The van der Waals surface area contributed by atoms with Crippen LogP contribution < -0.4 is 16.6 Å². The maximum absolute atomic E-state index is 13.0. The van der Waals surface area contributed by atoms with Gasteiger partial charge in [-0.2, -0.15) is 0 Å². The van der Waals surface area contributed by atoms with Gasteiger partial charge in [0.25, 0.3) is 11.5 Å². The number of primary amides is 1. The molecule has 0 aliphatic carbocycles. The van der Waals surface area contributed by atoms with E-state index in [9.17, 15) is 19.2 Å². The maximum atomic E-state index is 13.0. The van der Waals surface area contributed by atoms with Gasteiger partial charge < -0.3 is 15.8 Å². The van der Waals surface area contributed by atoms with Crippen LogP contribution >= 0.6 is 22.7 Å². The number of aryl methyl sites for hydroxylation is 1. The van der Waals surface area contributed by atoms with Gasteiger partial charge in [0.1, 0.15) is 21.3 Å². The Balaban J connectivity index is 1.61. The van der Waals surface area contributed by atoms with Gasteiger partial charge in [0.15, 0.2) is 0 Å². The second-order valence-corrected chi connectivity index (χ2v) is 9.32. The number of anilines is 1. The monoisotopic (exact) mass is 496 g/mol. The van der Waals surface area contributed by atoms with Crippen molar-refractivity contribution >= 4 is 55.7 Å². The van der Waals surface area contributed by atoms with E-state index < -0.39 is 23.3 Å². The van der Waals surface area contributed by atoms with Crippen molar-refractivity contribution in [2.75, 3.05) is 11.9 Å². The SMILES string of the molecule is CCOC(=O)c1sc2ncn(CC(=O)Nc3sc(-c4ccccc4)cc3C(N)=O)c(=O)c2c1C. The standard InChI is InChI=1S/C23H20N4O5S2/c1-3-32-23(31)18-12(2)17-21(34-18)25-11-27(22(17)30)10-16(28)26-20-14(19(24)29)9-15(33-20)13-7-5-4-6-8-13/h4-9,11H,3,10H2,1-2H3,(H2,24,29)(H,26,28). The molecule has 0 aliphatic rings. The summed E-state index contributed by atoms with van der Waals surface area (Å²) in [5.41, 5.74) is 6.58. The van der Waals surface area contributed by atoms with Crippen LogP contribution in [-0.4, -0.2) is 33.9 Å². The first-order valence-corrected chi connectivity index (χ1v) is 11.9. The first-order chi connectivity index (χ1) is 16.3. The smallest absolute Gasteiger partial charge is 0.348 e. The van der Waals surface area contributed by atoms with Crippen molar-refractivity contribution in [3.8, 4) is 10.4 Å². The van der Waals surface area contributed by atoms with Gasteiger partial charge in [-0.05, 0) is 31.0 Å². The number of benzene rings is 1. The highest BCUT2D eigenvalue weighted by molar-refractivity contribution is 7.20. The number of carbonyl (C=O) groups excluding carboxylic acids is 3. The Morgan fingerprint density at radius 3 is 2.59 bits per heavy atom. The molecule has 3 aromatic heterocycles. The Morgan fingerprint density at radius 1 is 1.18 bits per heavy atom. The highest BCUT2D eigenvalue weighted by Gasteiger charge is 2.22. The van der Waals surface area contributed by atoms with Crippen molar-refractivity contribution in [2.45, 2.75) is 20.4 Å². The number of nitrogens with one attached hydrogen (secondary N) is 1. The predicted octanol–water partition coefficient (Wildman–Crippen LogP) is 3.41. The number of hydrogen-bond acceptors (Lipinski definition) is 8. The Kier molecular flexibility index (Phi) is 6.57. The van der Waals surface area contributed by atoms with E-state index in [1.807, 2.05) is 30.3 Å². The maximum Gasteiger partial charge on any atom is 0.348 e. The molecule has 4 aromatic rings. The number of ether oxygens (including phenoxy) is 1. The third kappa shape index (κ3) is 4.47. The number of rotatable bonds is 7. The third-order valence-corrected chi connectivity index (χ3v) is 7.28. The zero-order valence-corrected chi connectivity index (χ0v) is 19.9. The Morgan fingerprint density at radius 2 is 1.91 bits per heavy atom. The number of esters is 1. The van der Waals surface area contributed by atoms with Crippen LogP contribution in [-0.2, 0) is 16.1 Å². The lowest BCUT2D eigenvalue weighted by atomic mass is 10.1. The summed E-state index contributed by atoms with van der Waals surface area (Å²) < 4.78 is 6.19. The van der Waals surface area contributed by atoms with E-state index in [1.54, 1.807) is 19.9 Å². The van der Waals surface area contributed by atoms with E-state index in [1.165, 1.54) is 17.7 Å². The molecule has 34 heavy (non-hydrogen) atoms. The fourth-order valence-corrected chi connectivity index (χ4v) is 5.51. The molecule has 11 heteroatoms. The quantitative estimate of drug-likeness (QED) is 0.377. The molecule has 0 saturated carbocycles. The zero-order valence-electron chi connectivity index (χ0n) is 18.3. The van der Waals surface area contributed by atoms with Gasteiger partial charge in [-0.3, -0.25) is 19.0 Å². The summed E-state index contributed by atoms with van der Waals surface area (Å²) in [6.45, 7) is 3.23. The third-order valence-electron chi connectivity index (χ3n) is 5.00. The number of nitrogens with zero attached hydrogens (tertiary/aromatic N) is 2. The summed E-state index contributed by atoms with van der Waals surface area (Å²) in [6, 6.07) is 11.0. The summed E-state index contributed by atoms with van der Waals surface area (Å²) in [7, 11) is 0.